The smallest absolute Gasteiger partial charge is 0.242 e. The molecule has 0 aromatic rings. The fraction of sp³-hybridized carbons (Fsp3) is 0.450. The van der Waals surface area contributed by atoms with Crippen molar-refractivity contribution in [1.82, 2.24) is 0 Å². The molecule has 0 aliphatic rings. The van der Waals surface area contributed by atoms with Gasteiger partial charge in [0.1, 0.15) is 6.29 Å². The lowest BCUT2D eigenvalue weighted by Crippen LogP contribution is -1.96. The molecule has 0 bridgehead atoms. The Morgan fingerprint density at radius 1 is 0.833 bits per heavy atom. The standard InChI is InChI=1S/C20H29NO3/c1-2-20(21(23)24)18-16-14-12-10-8-6-4-3-5-7-9-11-13-15-17-19-22/h3,5-6,8-9,11-12,14,18-19H,2,4,7,10,13,15-17H2,1H3/b5-3+,8-6+,11-9+,14-12+,20-18-. The highest BCUT2D eigenvalue weighted by Crippen LogP contribution is 2.03. The van der Waals surface area contributed by atoms with Gasteiger partial charge < -0.3 is 4.79 Å². The summed E-state index contributed by atoms with van der Waals surface area (Å²) >= 11 is 0. The molecular weight excluding hydrogens is 302 g/mol. The van der Waals surface area contributed by atoms with Gasteiger partial charge in [-0.3, -0.25) is 10.1 Å². The van der Waals surface area contributed by atoms with Crippen LogP contribution >= 0.6 is 0 Å². The SMILES string of the molecule is CC/C(=C/C/C=C/C/C=C/C/C=C/C/C=C/CCCC=O)[N+](=O)[O-]. The van der Waals surface area contributed by atoms with E-state index in [4.69, 9.17) is 0 Å². The van der Waals surface area contributed by atoms with Crippen LogP contribution in [0.4, 0.5) is 0 Å². The van der Waals surface area contributed by atoms with Crippen molar-refractivity contribution in [3.8, 4) is 0 Å². The molecule has 0 aliphatic heterocycles. The molecule has 0 unspecified atom stereocenters. The summed E-state index contributed by atoms with van der Waals surface area (Å²) in [7, 11) is 0. The zero-order chi connectivity index (χ0) is 17.9. The lowest BCUT2D eigenvalue weighted by atomic mass is 10.2. The van der Waals surface area contributed by atoms with Crippen LogP contribution in [-0.2, 0) is 4.79 Å². The first kappa shape index (κ1) is 21.8. The van der Waals surface area contributed by atoms with Crippen LogP contribution in [0.1, 0.15) is 58.3 Å². The van der Waals surface area contributed by atoms with Crippen LogP contribution in [-0.4, -0.2) is 11.2 Å². The fourth-order valence-corrected chi connectivity index (χ4v) is 1.90. The van der Waals surface area contributed by atoms with Crippen LogP contribution in [0.5, 0.6) is 0 Å². The zero-order valence-electron chi connectivity index (χ0n) is 14.6. The minimum Gasteiger partial charge on any atom is -0.303 e. The quantitative estimate of drug-likeness (QED) is 0.135. The van der Waals surface area contributed by atoms with Gasteiger partial charge in [-0.25, -0.2) is 0 Å². The highest BCUT2D eigenvalue weighted by molar-refractivity contribution is 5.49. The summed E-state index contributed by atoms with van der Waals surface area (Å²) in [6.45, 7) is 1.79. The van der Waals surface area contributed by atoms with E-state index in [1.54, 1.807) is 13.0 Å². The maximum absolute atomic E-state index is 10.6. The molecule has 0 radical (unpaired) electrons. The van der Waals surface area contributed by atoms with E-state index in [1.165, 1.54) is 0 Å². The minimum absolute atomic E-state index is 0.276. The number of allylic oxidation sites excluding steroid dienone is 10. The number of hydrogen-bond donors (Lipinski definition) is 0. The molecule has 0 aliphatic carbocycles. The Balaban J connectivity index is 3.68. The van der Waals surface area contributed by atoms with Crippen molar-refractivity contribution in [2.45, 2.75) is 58.3 Å². The number of unbranched alkanes of at least 4 members (excludes halogenated alkanes) is 2. The van der Waals surface area contributed by atoms with Crippen molar-refractivity contribution in [2.24, 2.45) is 0 Å². The van der Waals surface area contributed by atoms with Gasteiger partial charge in [0.2, 0.25) is 5.70 Å². The topological polar surface area (TPSA) is 60.2 Å². The Kier molecular flexibility index (Phi) is 15.5. The van der Waals surface area contributed by atoms with Gasteiger partial charge in [-0.2, -0.15) is 0 Å². The van der Waals surface area contributed by atoms with Gasteiger partial charge in [-0.1, -0.05) is 55.5 Å². The van der Waals surface area contributed by atoms with Gasteiger partial charge >= 0.3 is 0 Å². The second-order valence-corrected chi connectivity index (χ2v) is 5.23. The van der Waals surface area contributed by atoms with E-state index >= 15 is 0 Å². The molecule has 132 valence electrons. The molecule has 0 aromatic heterocycles. The summed E-state index contributed by atoms with van der Waals surface area (Å²) in [5, 5.41) is 10.6. The van der Waals surface area contributed by atoms with E-state index in [1.807, 2.05) is 12.2 Å². The molecule has 0 fully saturated rings. The van der Waals surface area contributed by atoms with Gasteiger partial charge in [0.25, 0.3) is 0 Å². The molecule has 24 heavy (non-hydrogen) atoms. The van der Waals surface area contributed by atoms with Crippen molar-refractivity contribution in [1.29, 1.82) is 0 Å². The zero-order valence-corrected chi connectivity index (χ0v) is 14.6. The van der Waals surface area contributed by atoms with Crippen LogP contribution < -0.4 is 0 Å². The van der Waals surface area contributed by atoms with Crippen LogP contribution in [0, 0.1) is 10.1 Å². The largest absolute Gasteiger partial charge is 0.303 e. The lowest BCUT2D eigenvalue weighted by Gasteiger charge is -1.91. The van der Waals surface area contributed by atoms with Crippen molar-refractivity contribution >= 4 is 6.29 Å². The molecule has 4 heteroatoms. The summed E-state index contributed by atoms with van der Waals surface area (Å²) in [4.78, 5) is 20.4. The molecular formula is C20H29NO3. The summed E-state index contributed by atoms with van der Waals surface area (Å²) < 4.78 is 0. The predicted octanol–water partition coefficient (Wildman–Crippen LogP) is 5.71. The maximum atomic E-state index is 10.6. The average Bonchev–Trinajstić information content (AvgIpc) is 2.57. The highest BCUT2D eigenvalue weighted by atomic mass is 16.6. The fourth-order valence-electron chi connectivity index (χ4n) is 1.90. The third kappa shape index (κ3) is 14.7. The molecule has 0 rings (SSSR count). The Bertz CT molecular complexity index is 485. The number of nitro groups is 1. The molecule has 0 saturated heterocycles. The second kappa shape index (κ2) is 17.1. The van der Waals surface area contributed by atoms with Gasteiger partial charge in [-0.05, 0) is 44.6 Å². The van der Waals surface area contributed by atoms with E-state index in [-0.39, 0.29) is 10.6 Å². The Morgan fingerprint density at radius 3 is 1.79 bits per heavy atom. The Morgan fingerprint density at radius 2 is 1.33 bits per heavy atom. The third-order valence-electron chi connectivity index (χ3n) is 3.26. The van der Waals surface area contributed by atoms with Crippen molar-refractivity contribution in [3.63, 3.8) is 0 Å². The van der Waals surface area contributed by atoms with Crippen molar-refractivity contribution in [3.05, 3.63) is 70.5 Å². The van der Waals surface area contributed by atoms with Crippen LogP contribution in [0.3, 0.4) is 0 Å². The molecule has 0 heterocycles. The second-order valence-electron chi connectivity index (χ2n) is 5.23. The molecule has 0 aromatic carbocycles. The van der Waals surface area contributed by atoms with Crippen molar-refractivity contribution < 1.29 is 9.72 Å². The third-order valence-corrected chi connectivity index (χ3v) is 3.26. The summed E-state index contributed by atoms with van der Waals surface area (Å²) in [6, 6.07) is 0. The monoisotopic (exact) mass is 331 g/mol. The maximum Gasteiger partial charge on any atom is 0.242 e. The molecule has 0 N–H and O–H groups in total. The lowest BCUT2D eigenvalue weighted by molar-refractivity contribution is -0.427. The molecule has 0 atom stereocenters. The van der Waals surface area contributed by atoms with Gasteiger partial charge in [-0.15, -0.1) is 0 Å². The first-order valence-electron chi connectivity index (χ1n) is 8.59. The van der Waals surface area contributed by atoms with E-state index in [2.05, 4.69) is 36.5 Å². The number of hydrogen-bond acceptors (Lipinski definition) is 3. The van der Waals surface area contributed by atoms with E-state index in [0.29, 0.717) is 19.3 Å². The predicted molar refractivity (Wildman–Crippen MR) is 100 cm³/mol. The highest BCUT2D eigenvalue weighted by Gasteiger charge is 2.03. The molecule has 0 amide bonds. The first-order chi connectivity index (χ1) is 11.7. The molecule has 0 saturated carbocycles. The van der Waals surface area contributed by atoms with Gasteiger partial charge in [0.05, 0.1) is 4.92 Å². The van der Waals surface area contributed by atoms with Gasteiger partial charge in [0, 0.05) is 12.8 Å². The van der Waals surface area contributed by atoms with Crippen LogP contribution in [0.15, 0.2) is 60.4 Å². The Hall–Kier alpha value is -2.23. The Labute approximate surface area is 145 Å². The number of aldehydes is 1. The minimum atomic E-state index is -0.319. The number of rotatable bonds is 14. The molecule has 4 nitrogen and oxygen atoms in total. The molecule has 0 spiro atoms. The van der Waals surface area contributed by atoms with E-state index in [9.17, 15) is 14.9 Å². The summed E-state index contributed by atoms with van der Waals surface area (Å²) in [5.41, 5.74) is 0.276. The van der Waals surface area contributed by atoms with Crippen molar-refractivity contribution in [2.75, 3.05) is 0 Å². The number of nitrogens with zero attached hydrogens (tertiary/aromatic N) is 1. The summed E-state index contributed by atoms with van der Waals surface area (Å²) in [6.07, 6.45) is 25.6. The van der Waals surface area contributed by atoms with Gasteiger partial charge in [0.15, 0.2) is 0 Å². The van der Waals surface area contributed by atoms with E-state index in [0.717, 1.165) is 38.4 Å². The normalized spacial score (nSPS) is 13.0. The average molecular weight is 331 g/mol. The van der Waals surface area contributed by atoms with E-state index < -0.39 is 0 Å². The van der Waals surface area contributed by atoms with Crippen LogP contribution in [0.2, 0.25) is 0 Å². The summed E-state index contributed by atoms with van der Waals surface area (Å²) in [5.74, 6) is 0. The number of carbonyl (C=O) groups is 1. The first-order valence-corrected chi connectivity index (χ1v) is 8.59. The number of carbonyl (C=O) groups excluding carboxylic acids is 1. The van der Waals surface area contributed by atoms with Crippen LogP contribution in [0.25, 0.3) is 0 Å².